The summed E-state index contributed by atoms with van der Waals surface area (Å²) in [6, 6.07) is 4.58. The van der Waals surface area contributed by atoms with E-state index in [2.05, 4.69) is 5.32 Å². The lowest BCUT2D eigenvalue weighted by atomic mass is 10.1. The largest absolute Gasteiger partial charge is 0.383 e. The first-order valence-corrected chi connectivity index (χ1v) is 7.31. The van der Waals surface area contributed by atoms with E-state index in [1.807, 2.05) is 20.8 Å². The van der Waals surface area contributed by atoms with Gasteiger partial charge >= 0.3 is 0 Å². The molecule has 0 saturated heterocycles. The average molecular weight is 296 g/mol. The molecule has 0 aliphatic heterocycles. The summed E-state index contributed by atoms with van der Waals surface area (Å²) in [6.07, 6.45) is 0. The summed E-state index contributed by atoms with van der Waals surface area (Å²) in [6.45, 7) is 8.10. The minimum atomic E-state index is -0.404. The second kappa shape index (κ2) is 8.62. The topological polar surface area (TPSA) is 41.6 Å². The Bertz CT molecular complexity index is 464. The standard InChI is InChI=1S/C16H25FN2O2/c1-5-18-15-13(7-6-8-14(15)17)16(20)19(9-10-21-4)11-12(2)3/h6-8,12,18H,5,9-11H2,1-4H3. The number of hydrogen-bond acceptors (Lipinski definition) is 3. The number of amides is 1. The van der Waals surface area contributed by atoms with E-state index in [1.165, 1.54) is 6.07 Å². The van der Waals surface area contributed by atoms with E-state index in [0.29, 0.717) is 37.7 Å². The summed E-state index contributed by atoms with van der Waals surface area (Å²) in [5.41, 5.74) is 0.643. The zero-order valence-electron chi connectivity index (χ0n) is 13.3. The molecule has 0 aliphatic carbocycles. The molecule has 4 nitrogen and oxygen atoms in total. The molecule has 0 saturated carbocycles. The molecule has 1 N–H and O–H groups in total. The van der Waals surface area contributed by atoms with Gasteiger partial charge in [-0.2, -0.15) is 0 Å². The Hall–Kier alpha value is -1.62. The first-order valence-electron chi connectivity index (χ1n) is 7.31. The second-order valence-corrected chi connectivity index (χ2v) is 5.33. The van der Waals surface area contributed by atoms with Gasteiger partial charge in [0.05, 0.1) is 17.9 Å². The van der Waals surface area contributed by atoms with Gasteiger partial charge in [0.15, 0.2) is 0 Å². The average Bonchev–Trinajstić information content (AvgIpc) is 2.44. The number of carbonyl (C=O) groups excluding carboxylic acids is 1. The fourth-order valence-corrected chi connectivity index (χ4v) is 2.15. The van der Waals surface area contributed by atoms with Crippen molar-refractivity contribution in [3.8, 4) is 0 Å². The molecular weight excluding hydrogens is 271 g/mol. The first-order chi connectivity index (χ1) is 10.0. The highest BCUT2D eigenvalue weighted by Gasteiger charge is 2.21. The molecule has 0 fully saturated rings. The Morgan fingerprint density at radius 3 is 2.71 bits per heavy atom. The fraction of sp³-hybridized carbons (Fsp3) is 0.562. The first kappa shape index (κ1) is 17.4. The molecule has 118 valence electrons. The Morgan fingerprint density at radius 2 is 2.14 bits per heavy atom. The lowest BCUT2D eigenvalue weighted by Gasteiger charge is -2.25. The van der Waals surface area contributed by atoms with E-state index in [9.17, 15) is 9.18 Å². The van der Waals surface area contributed by atoms with Gasteiger partial charge in [0, 0.05) is 26.7 Å². The van der Waals surface area contributed by atoms with Crippen LogP contribution < -0.4 is 5.32 Å². The van der Waals surface area contributed by atoms with Crippen molar-refractivity contribution in [3.05, 3.63) is 29.6 Å². The summed E-state index contributed by atoms with van der Waals surface area (Å²) in [4.78, 5) is 14.4. The number of methoxy groups -OCH3 is 1. The van der Waals surface area contributed by atoms with Crippen LogP contribution in [0.15, 0.2) is 18.2 Å². The summed E-state index contributed by atoms with van der Waals surface area (Å²) in [7, 11) is 1.60. The van der Waals surface area contributed by atoms with Crippen LogP contribution in [0.1, 0.15) is 31.1 Å². The zero-order chi connectivity index (χ0) is 15.8. The predicted octanol–water partition coefficient (Wildman–Crippen LogP) is 3.00. The molecular formula is C16H25FN2O2. The van der Waals surface area contributed by atoms with Crippen LogP contribution >= 0.6 is 0 Å². The third kappa shape index (κ3) is 5.01. The van der Waals surface area contributed by atoms with Crippen molar-refractivity contribution in [1.82, 2.24) is 4.90 Å². The van der Waals surface area contributed by atoms with Crippen molar-refractivity contribution < 1.29 is 13.9 Å². The van der Waals surface area contributed by atoms with Gasteiger partial charge in [0.25, 0.3) is 5.91 Å². The zero-order valence-corrected chi connectivity index (χ0v) is 13.3. The maximum Gasteiger partial charge on any atom is 0.256 e. The molecule has 0 heterocycles. The van der Waals surface area contributed by atoms with Crippen LogP contribution in [0.4, 0.5) is 10.1 Å². The highest BCUT2D eigenvalue weighted by Crippen LogP contribution is 2.21. The highest BCUT2D eigenvalue weighted by atomic mass is 19.1. The summed E-state index contributed by atoms with van der Waals surface area (Å²) < 4.78 is 19.0. The third-order valence-electron chi connectivity index (χ3n) is 3.04. The maximum atomic E-state index is 13.9. The smallest absolute Gasteiger partial charge is 0.256 e. The van der Waals surface area contributed by atoms with Crippen LogP contribution in [0.2, 0.25) is 0 Å². The van der Waals surface area contributed by atoms with E-state index in [-0.39, 0.29) is 11.6 Å². The van der Waals surface area contributed by atoms with Crippen molar-refractivity contribution in [2.45, 2.75) is 20.8 Å². The quantitative estimate of drug-likeness (QED) is 0.802. The van der Waals surface area contributed by atoms with Crippen molar-refractivity contribution in [1.29, 1.82) is 0 Å². The van der Waals surface area contributed by atoms with E-state index >= 15 is 0 Å². The number of benzene rings is 1. The Kier molecular flexibility index (Phi) is 7.15. The van der Waals surface area contributed by atoms with E-state index in [4.69, 9.17) is 4.74 Å². The summed E-state index contributed by atoms with van der Waals surface area (Å²) in [5.74, 6) is -0.239. The number of anilines is 1. The van der Waals surface area contributed by atoms with Gasteiger partial charge < -0.3 is 15.0 Å². The number of nitrogens with one attached hydrogen (secondary N) is 1. The molecule has 0 bridgehead atoms. The predicted molar refractivity (Wildman–Crippen MR) is 83.2 cm³/mol. The SMILES string of the molecule is CCNc1c(F)cccc1C(=O)N(CCOC)CC(C)C. The Labute approximate surface area is 126 Å². The monoisotopic (exact) mass is 296 g/mol. The summed E-state index contributed by atoms with van der Waals surface area (Å²) >= 11 is 0. The Balaban J connectivity index is 3.04. The van der Waals surface area contributed by atoms with Crippen LogP contribution in [-0.4, -0.2) is 44.2 Å². The summed E-state index contributed by atoms with van der Waals surface area (Å²) in [5, 5.41) is 2.94. The number of rotatable bonds is 8. The van der Waals surface area contributed by atoms with Crippen LogP contribution in [-0.2, 0) is 4.74 Å². The lowest BCUT2D eigenvalue weighted by molar-refractivity contribution is 0.0673. The number of carbonyl (C=O) groups is 1. The van der Waals surface area contributed by atoms with Crippen LogP contribution in [0, 0.1) is 11.7 Å². The minimum absolute atomic E-state index is 0.170. The fourth-order valence-electron chi connectivity index (χ4n) is 2.15. The molecule has 1 aromatic rings. The number of halogens is 1. The second-order valence-electron chi connectivity index (χ2n) is 5.33. The number of ether oxygens (including phenoxy) is 1. The number of hydrogen-bond donors (Lipinski definition) is 1. The van der Waals surface area contributed by atoms with Crippen LogP contribution in [0.5, 0.6) is 0 Å². The van der Waals surface area contributed by atoms with Crippen molar-refractivity contribution in [2.24, 2.45) is 5.92 Å². The number of nitrogens with zero attached hydrogens (tertiary/aromatic N) is 1. The third-order valence-corrected chi connectivity index (χ3v) is 3.04. The van der Waals surface area contributed by atoms with E-state index in [1.54, 1.807) is 24.1 Å². The lowest BCUT2D eigenvalue weighted by Crippen LogP contribution is -2.37. The molecule has 5 heteroatoms. The van der Waals surface area contributed by atoms with Crippen molar-refractivity contribution >= 4 is 11.6 Å². The van der Waals surface area contributed by atoms with Crippen LogP contribution in [0.25, 0.3) is 0 Å². The molecule has 0 spiro atoms. The number of para-hydroxylation sites is 1. The van der Waals surface area contributed by atoms with Gasteiger partial charge in [0.1, 0.15) is 5.82 Å². The van der Waals surface area contributed by atoms with E-state index in [0.717, 1.165) is 0 Å². The highest BCUT2D eigenvalue weighted by molar-refractivity contribution is 5.99. The molecule has 0 atom stereocenters. The maximum absolute atomic E-state index is 13.9. The van der Waals surface area contributed by atoms with E-state index < -0.39 is 5.82 Å². The molecule has 0 unspecified atom stereocenters. The molecule has 1 rings (SSSR count). The van der Waals surface area contributed by atoms with Gasteiger partial charge in [-0.3, -0.25) is 4.79 Å². The van der Waals surface area contributed by atoms with Gasteiger partial charge in [-0.05, 0) is 25.0 Å². The molecule has 1 aromatic carbocycles. The Morgan fingerprint density at radius 1 is 1.43 bits per heavy atom. The minimum Gasteiger partial charge on any atom is -0.383 e. The van der Waals surface area contributed by atoms with Gasteiger partial charge in [-0.25, -0.2) is 4.39 Å². The van der Waals surface area contributed by atoms with Crippen molar-refractivity contribution in [2.75, 3.05) is 38.7 Å². The molecule has 0 radical (unpaired) electrons. The molecule has 1 amide bonds. The van der Waals surface area contributed by atoms with Gasteiger partial charge in [-0.1, -0.05) is 19.9 Å². The molecule has 0 aromatic heterocycles. The van der Waals surface area contributed by atoms with Gasteiger partial charge in [-0.15, -0.1) is 0 Å². The van der Waals surface area contributed by atoms with Crippen molar-refractivity contribution in [3.63, 3.8) is 0 Å². The normalized spacial score (nSPS) is 10.8. The van der Waals surface area contributed by atoms with Gasteiger partial charge in [0.2, 0.25) is 0 Å². The van der Waals surface area contributed by atoms with Crippen LogP contribution in [0.3, 0.4) is 0 Å². The molecule has 21 heavy (non-hydrogen) atoms. The molecule has 0 aliphatic rings.